The number of thiophene rings is 1. The second kappa shape index (κ2) is 8.96. The van der Waals surface area contributed by atoms with Gasteiger partial charge in [-0.3, -0.25) is 9.38 Å². The first-order valence-corrected chi connectivity index (χ1v) is 15.6. The molecule has 0 aliphatic heterocycles. The maximum Gasteiger partial charge on any atom is 0.156 e. The molecule has 3 nitrogen and oxygen atoms in total. The first-order chi connectivity index (χ1) is 21.8. The molecule has 204 valence electrons. The summed E-state index contributed by atoms with van der Waals surface area (Å²) in [5, 5.41) is 8.65. The van der Waals surface area contributed by atoms with Crippen LogP contribution in [0.3, 0.4) is 0 Å². The maximum absolute atomic E-state index is 5.20. The number of pyridine rings is 2. The number of rotatable bonds is 2. The maximum atomic E-state index is 5.20. The lowest BCUT2D eigenvalue weighted by molar-refractivity contribution is 1.25. The van der Waals surface area contributed by atoms with Crippen LogP contribution in [0.5, 0.6) is 0 Å². The Morgan fingerprint density at radius 2 is 1.27 bits per heavy atom. The molecule has 4 aromatic heterocycles. The highest BCUT2D eigenvalue weighted by atomic mass is 32.1. The predicted octanol–water partition coefficient (Wildman–Crippen LogP) is 11.0. The molecule has 4 heterocycles. The summed E-state index contributed by atoms with van der Waals surface area (Å²) < 4.78 is 4.89. The van der Waals surface area contributed by atoms with Crippen molar-refractivity contribution in [3.63, 3.8) is 0 Å². The zero-order valence-corrected chi connectivity index (χ0v) is 24.3. The van der Waals surface area contributed by atoms with Crippen LogP contribution in [0.4, 0.5) is 0 Å². The first kappa shape index (κ1) is 23.9. The minimum absolute atomic E-state index is 1.01. The Morgan fingerprint density at radius 3 is 2.18 bits per heavy atom. The van der Waals surface area contributed by atoms with E-state index in [0.29, 0.717) is 0 Å². The highest BCUT2D eigenvalue weighted by molar-refractivity contribution is 7.27. The van der Waals surface area contributed by atoms with E-state index in [0.717, 1.165) is 38.8 Å². The van der Waals surface area contributed by atoms with Crippen molar-refractivity contribution in [3.05, 3.63) is 140 Å². The highest BCUT2D eigenvalue weighted by Crippen LogP contribution is 2.43. The summed E-state index contributed by atoms with van der Waals surface area (Å²) >= 11 is 1.85. The van der Waals surface area contributed by atoms with Gasteiger partial charge in [-0.05, 0) is 63.2 Å². The van der Waals surface area contributed by atoms with E-state index in [1.807, 2.05) is 23.6 Å². The van der Waals surface area contributed by atoms with E-state index in [9.17, 15) is 0 Å². The molecular weight excluding hydrogens is 555 g/mol. The zero-order valence-electron chi connectivity index (χ0n) is 23.5. The van der Waals surface area contributed by atoms with Gasteiger partial charge in [0.05, 0.1) is 26.9 Å². The molecule has 0 saturated heterocycles. The van der Waals surface area contributed by atoms with Crippen LogP contribution >= 0.6 is 11.3 Å². The number of hydrogen-bond donors (Lipinski definition) is 0. The highest BCUT2D eigenvalue weighted by Gasteiger charge is 2.19. The third-order valence-corrected chi connectivity index (χ3v) is 10.3. The van der Waals surface area contributed by atoms with Gasteiger partial charge in [0.25, 0.3) is 0 Å². The second-order valence-electron chi connectivity index (χ2n) is 11.4. The number of fused-ring (bicyclic) bond motifs is 12. The van der Waals surface area contributed by atoms with Crippen molar-refractivity contribution in [1.29, 1.82) is 0 Å². The van der Waals surface area contributed by atoms with E-state index in [-0.39, 0.29) is 0 Å². The molecule has 0 aliphatic carbocycles. The van der Waals surface area contributed by atoms with E-state index < -0.39 is 0 Å². The van der Waals surface area contributed by atoms with Crippen LogP contribution in [0.1, 0.15) is 0 Å². The lowest BCUT2D eigenvalue weighted by atomic mass is 9.94. The normalized spacial score (nSPS) is 12.1. The number of para-hydroxylation sites is 2. The number of imidazole rings is 1. The molecule has 6 aromatic carbocycles. The van der Waals surface area contributed by atoms with Crippen LogP contribution in [-0.2, 0) is 0 Å². The van der Waals surface area contributed by atoms with Crippen LogP contribution in [0.2, 0.25) is 0 Å². The third kappa shape index (κ3) is 3.31. The van der Waals surface area contributed by atoms with Crippen molar-refractivity contribution in [3.8, 4) is 22.4 Å². The van der Waals surface area contributed by atoms with Crippen molar-refractivity contribution < 1.29 is 0 Å². The summed E-state index contributed by atoms with van der Waals surface area (Å²) in [5.74, 6) is 0. The lowest BCUT2D eigenvalue weighted by Gasteiger charge is -2.12. The van der Waals surface area contributed by atoms with Crippen molar-refractivity contribution in [2.75, 3.05) is 0 Å². The number of nitrogens with zero attached hydrogens (tertiary/aromatic N) is 3. The van der Waals surface area contributed by atoms with Crippen molar-refractivity contribution in [1.82, 2.24) is 14.4 Å². The second-order valence-corrected chi connectivity index (χ2v) is 12.4. The van der Waals surface area contributed by atoms with Crippen LogP contribution in [0.15, 0.2) is 140 Å². The van der Waals surface area contributed by atoms with Gasteiger partial charge < -0.3 is 0 Å². The van der Waals surface area contributed by atoms with E-state index in [2.05, 4.69) is 132 Å². The fourth-order valence-corrected chi connectivity index (χ4v) is 8.26. The number of aromatic nitrogens is 3. The average Bonchev–Trinajstić information content (AvgIpc) is 3.67. The van der Waals surface area contributed by atoms with E-state index in [1.54, 1.807) is 0 Å². The SMILES string of the molecule is c1ccc2c(c1)ccc1c3cc(-c4ccc(-c5cc6cccnc6c6ccccc56)cc4)n4c5ccccc5nc4c3sc21. The van der Waals surface area contributed by atoms with Gasteiger partial charge in [0.2, 0.25) is 0 Å². The fraction of sp³-hybridized carbons (Fsp3) is 0. The summed E-state index contributed by atoms with van der Waals surface area (Å²) in [5.41, 5.74) is 8.91. The molecule has 4 heteroatoms. The molecule has 0 unspecified atom stereocenters. The molecule has 0 spiro atoms. The van der Waals surface area contributed by atoms with Crippen molar-refractivity contribution >= 4 is 80.6 Å². The quantitative estimate of drug-likeness (QED) is 0.191. The van der Waals surface area contributed by atoms with Crippen LogP contribution in [0, 0.1) is 0 Å². The molecule has 0 bridgehead atoms. The van der Waals surface area contributed by atoms with Crippen LogP contribution < -0.4 is 0 Å². The Bertz CT molecular complexity index is 2770. The third-order valence-electron chi connectivity index (χ3n) is 9.01. The number of benzene rings is 6. The molecule has 0 atom stereocenters. The van der Waals surface area contributed by atoms with E-state index >= 15 is 0 Å². The molecule has 44 heavy (non-hydrogen) atoms. The topological polar surface area (TPSA) is 30.2 Å². The summed E-state index contributed by atoms with van der Waals surface area (Å²) in [7, 11) is 0. The van der Waals surface area contributed by atoms with Gasteiger partial charge in [-0.15, -0.1) is 11.3 Å². The van der Waals surface area contributed by atoms with Gasteiger partial charge in [-0.1, -0.05) is 103 Å². The molecule has 0 radical (unpaired) electrons. The van der Waals surface area contributed by atoms with Gasteiger partial charge in [-0.25, -0.2) is 4.98 Å². The van der Waals surface area contributed by atoms with Gasteiger partial charge in [0, 0.05) is 32.4 Å². The molecule has 0 aliphatic rings. The summed E-state index contributed by atoms with van der Waals surface area (Å²) in [6, 6.07) is 48.1. The summed E-state index contributed by atoms with van der Waals surface area (Å²) in [6.07, 6.45) is 1.87. The summed E-state index contributed by atoms with van der Waals surface area (Å²) in [6.45, 7) is 0. The minimum atomic E-state index is 1.01. The molecule has 10 rings (SSSR count). The van der Waals surface area contributed by atoms with E-state index in [4.69, 9.17) is 9.97 Å². The van der Waals surface area contributed by atoms with Gasteiger partial charge in [-0.2, -0.15) is 0 Å². The number of hydrogen-bond acceptors (Lipinski definition) is 3. The predicted molar refractivity (Wildman–Crippen MR) is 187 cm³/mol. The Balaban J connectivity index is 1.24. The monoisotopic (exact) mass is 577 g/mol. The first-order valence-electron chi connectivity index (χ1n) is 14.8. The van der Waals surface area contributed by atoms with E-state index in [1.165, 1.54) is 52.8 Å². The Labute approximate surface area is 256 Å². The van der Waals surface area contributed by atoms with Crippen LogP contribution in [0.25, 0.3) is 91.7 Å². The molecular formula is C40H23N3S. The van der Waals surface area contributed by atoms with Gasteiger partial charge in [0.15, 0.2) is 5.65 Å². The molecule has 0 N–H and O–H groups in total. The Hall–Kier alpha value is -5.58. The van der Waals surface area contributed by atoms with Crippen molar-refractivity contribution in [2.45, 2.75) is 0 Å². The average molecular weight is 578 g/mol. The smallest absolute Gasteiger partial charge is 0.156 e. The molecule has 0 fully saturated rings. The van der Waals surface area contributed by atoms with Gasteiger partial charge in [0.1, 0.15) is 0 Å². The van der Waals surface area contributed by atoms with Crippen LogP contribution in [-0.4, -0.2) is 14.4 Å². The zero-order chi connectivity index (χ0) is 28.8. The molecule has 0 saturated carbocycles. The molecule has 0 amide bonds. The van der Waals surface area contributed by atoms with Gasteiger partial charge >= 0.3 is 0 Å². The molecule has 10 aromatic rings. The minimum Gasteiger partial charge on any atom is -0.291 e. The lowest BCUT2D eigenvalue weighted by Crippen LogP contribution is -1.93. The standard InChI is InChI=1S/C40H23N3S/c1-2-10-28-24(8-1)19-20-31-33-23-36(43-35-14-6-5-13-34(35)42-40(43)39(33)44-38(28)31)26-17-15-25(16-18-26)32-22-27-9-7-21-41-37(27)30-12-4-3-11-29(30)32/h1-23H. The van der Waals surface area contributed by atoms with Crippen molar-refractivity contribution in [2.24, 2.45) is 0 Å². The largest absolute Gasteiger partial charge is 0.291 e. The Kier molecular flexibility index (Phi) is 4.87. The fourth-order valence-electron chi connectivity index (χ4n) is 6.97. The Morgan fingerprint density at radius 1 is 0.523 bits per heavy atom. The summed E-state index contributed by atoms with van der Waals surface area (Å²) in [4.78, 5) is 9.90.